The van der Waals surface area contributed by atoms with Crippen molar-refractivity contribution >= 4 is 0 Å². The first-order chi connectivity index (χ1) is 10.1. The average Bonchev–Trinajstić information content (AvgIpc) is 2.93. The number of hydrogen-bond acceptors (Lipinski definition) is 2. The molecule has 0 bridgehead atoms. The van der Waals surface area contributed by atoms with Crippen LogP contribution in [0.1, 0.15) is 16.8 Å². The summed E-state index contributed by atoms with van der Waals surface area (Å²) < 4.78 is 15.5. The molecule has 0 saturated carbocycles. The van der Waals surface area contributed by atoms with Gasteiger partial charge in [-0.2, -0.15) is 5.10 Å². The molecule has 21 heavy (non-hydrogen) atoms. The van der Waals surface area contributed by atoms with E-state index >= 15 is 0 Å². The zero-order chi connectivity index (χ0) is 14.8. The van der Waals surface area contributed by atoms with Crippen LogP contribution in [0.4, 0.5) is 4.39 Å². The van der Waals surface area contributed by atoms with E-state index in [1.165, 1.54) is 6.07 Å². The molecule has 106 valence electrons. The molecule has 0 aliphatic heterocycles. The Morgan fingerprint density at radius 3 is 2.76 bits per heavy atom. The van der Waals surface area contributed by atoms with Crippen molar-refractivity contribution in [1.29, 1.82) is 0 Å². The molecule has 0 saturated heterocycles. The fraction of sp³-hybridized carbons (Fsp3) is 0.176. The van der Waals surface area contributed by atoms with Crippen LogP contribution < -0.4 is 0 Å². The third kappa shape index (κ3) is 2.84. The summed E-state index contributed by atoms with van der Waals surface area (Å²) >= 11 is 0. The number of halogens is 1. The Morgan fingerprint density at radius 2 is 2.00 bits per heavy atom. The molecule has 0 unspecified atom stereocenters. The van der Waals surface area contributed by atoms with Crippen molar-refractivity contribution < 1.29 is 4.39 Å². The molecule has 4 heteroatoms. The highest BCUT2D eigenvalue weighted by Crippen LogP contribution is 2.20. The SMILES string of the molecule is Cc1ccc(-c2ccn(Cc3cccnc3C)n2)cc1F. The Kier molecular flexibility index (Phi) is 3.52. The molecule has 0 fully saturated rings. The highest BCUT2D eigenvalue weighted by molar-refractivity contribution is 5.59. The lowest BCUT2D eigenvalue weighted by molar-refractivity contribution is 0.618. The summed E-state index contributed by atoms with van der Waals surface area (Å²) in [4.78, 5) is 4.27. The lowest BCUT2D eigenvalue weighted by Crippen LogP contribution is -2.03. The largest absolute Gasteiger partial charge is 0.268 e. The summed E-state index contributed by atoms with van der Waals surface area (Å²) in [5.74, 6) is -0.204. The van der Waals surface area contributed by atoms with E-state index in [0.717, 1.165) is 22.5 Å². The molecule has 0 radical (unpaired) electrons. The van der Waals surface area contributed by atoms with Gasteiger partial charge < -0.3 is 0 Å². The number of benzene rings is 1. The normalized spacial score (nSPS) is 10.8. The number of aryl methyl sites for hydroxylation is 2. The summed E-state index contributed by atoms with van der Waals surface area (Å²) in [7, 11) is 0. The van der Waals surface area contributed by atoms with Crippen LogP contribution >= 0.6 is 0 Å². The minimum absolute atomic E-state index is 0.204. The predicted molar refractivity (Wildman–Crippen MR) is 80.4 cm³/mol. The monoisotopic (exact) mass is 281 g/mol. The third-order valence-electron chi connectivity index (χ3n) is 3.56. The zero-order valence-corrected chi connectivity index (χ0v) is 12.0. The quantitative estimate of drug-likeness (QED) is 0.732. The predicted octanol–water partition coefficient (Wildman–Crippen LogP) is 3.75. The van der Waals surface area contributed by atoms with Gasteiger partial charge in [-0.1, -0.05) is 18.2 Å². The Morgan fingerprint density at radius 1 is 1.14 bits per heavy atom. The Labute approximate surface area is 123 Å². The second kappa shape index (κ2) is 5.48. The second-order valence-corrected chi connectivity index (χ2v) is 5.11. The first kappa shape index (κ1) is 13.5. The van der Waals surface area contributed by atoms with E-state index in [4.69, 9.17) is 0 Å². The number of hydrogen-bond donors (Lipinski definition) is 0. The molecule has 3 rings (SSSR count). The molecule has 0 amide bonds. The summed E-state index contributed by atoms with van der Waals surface area (Å²) in [6.45, 7) is 4.39. The van der Waals surface area contributed by atoms with E-state index in [-0.39, 0.29) is 5.82 Å². The van der Waals surface area contributed by atoms with Gasteiger partial charge in [0.1, 0.15) is 5.82 Å². The van der Waals surface area contributed by atoms with Gasteiger partial charge in [0.2, 0.25) is 0 Å². The van der Waals surface area contributed by atoms with Gasteiger partial charge in [-0.3, -0.25) is 9.67 Å². The molecular weight excluding hydrogens is 265 g/mol. The molecule has 0 spiro atoms. The minimum atomic E-state index is -0.204. The van der Waals surface area contributed by atoms with Crippen LogP contribution in [0.3, 0.4) is 0 Å². The molecular formula is C17H16FN3. The van der Waals surface area contributed by atoms with E-state index in [9.17, 15) is 4.39 Å². The van der Waals surface area contributed by atoms with Crippen LogP contribution in [0.25, 0.3) is 11.3 Å². The number of rotatable bonds is 3. The van der Waals surface area contributed by atoms with E-state index in [2.05, 4.69) is 10.1 Å². The van der Waals surface area contributed by atoms with E-state index < -0.39 is 0 Å². The number of nitrogens with zero attached hydrogens (tertiary/aromatic N) is 3. The fourth-order valence-corrected chi connectivity index (χ4v) is 2.22. The van der Waals surface area contributed by atoms with Gasteiger partial charge in [-0.25, -0.2) is 4.39 Å². The van der Waals surface area contributed by atoms with Gasteiger partial charge in [0, 0.05) is 23.7 Å². The third-order valence-corrected chi connectivity index (χ3v) is 3.56. The maximum Gasteiger partial charge on any atom is 0.126 e. The average molecular weight is 281 g/mol. The van der Waals surface area contributed by atoms with Crippen molar-refractivity contribution in [2.75, 3.05) is 0 Å². The van der Waals surface area contributed by atoms with Crippen molar-refractivity contribution in [2.24, 2.45) is 0 Å². The molecule has 1 aromatic carbocycles. The highest BCUT2D eigenvalue weighted by atomic mass is 19.1. The van der Waals surface area contributed by atoms with Gasteiger partial charge in [0.15, 0.2) is 0 Å². The van der Waals surface area contributed by atoms with Gasteiger partial charge >= 0.3 is 0 Å². The van der Waals surface area contributed by atoms with Crippen LogP contribution in [-0.4, -0.2) is 14.8 Å². The Bertz CT molecular complexity index is 777. The molecule has 0 aliphatic carbocycles. The first-order valence-electron chi connectivity index (χ1n) is 6.84. The van der Waals surface area contributed by atoms with E-state index in [1.807, 2.05) is 42.1 Å². The van der Waals surface area contributed by atoms with Crippen LogP contribution in [-0.2, 0) is 6.54 Å². The highest BCUT2D eigenvalue weighted by Gasteiger charge is 2.06. The number of pyridine rings is 1. The van der Waals surface area contributed by atoms with Crippen molar-refractivity contribution in [3.8, 4) is 11.3 Å². The summed E-state index contributed by atoms with van der Waals surface area (Å²) in [6, 6.07) is 11.0. The van der Waals surface area contributed by atoms with Gasteiger partial charge in [-0.05, 0) is 43.2 Å². The lowest BCUT2D eigenvalue weighted by atomic mass is 10.1. The van der Waals surface area contributed by atoms with Crippen molar-refractivity contribution in [3.05, 3.63) is 71.4 Å². The summed E-state index contributed by atoms with van der Waals surface area (Å²) in [5.41, 5.74) is 4.33. The molecule has 0 atom stereocenters. The molecule has 3 nitrogen and oxygen atoms in total. The second-order valence-electron chi connectivity index (χ2n) is 5.11. The minimum Gasteiger partial charge on any atom is -0.268 e. The topological polar surface area (TPSA) is 30.7 Å². The Balaban J connectivity index is 1.86. The standard InChI is InChI=1S/C17H16FN3/c1-12-5-6-14(10-16(12)18)17-7-9-21(20-17)11-15-4-3-8-19-13(15)2/h3-10H,11H2,1-2H3. The molecule has 2 aromatic heterocycles. The van der Waals surface area contributed by atoms with E-state index in [0.29, 0.717) is 12.1 Å². The molecule has 0 aliphatic rings. The first-order valence-corrected chi connectivity index (χ1v) is 6.84. The van der Waals surface area contributed by atoms with Crippen LogP contribution in [0.5, 0.6) is 0 Å². The van der Waals surface area contributed by atoms with Crippen LogP contribution in [0, 0.1) is 19.7 Å². The zero-order valence-electron chi connectivity index (χ0n) is 12.0. The molecule has 3 aromatic rings. The van der Waals surface area contributed by atoms with E-state index in [1.54, 1.807) is 19.2 Å². The smallest absolute Gasteiger partial charge is 0.126 e. The maximum atomic E-state index is 13.6. The van der Waals surface area contributed by atoms with Crippen LogP contribution in [0.15, 0.2) is 48.8 Å². The fourth-order valence-electron chi connectivity index (χ4n) is 2.22. The van der Waals surface area contributed by atoms with Gasteiger partial charge in [0.05, 0.1) is 12.2 Å². The Hall–Kier alpha value is -2.49. The summed E-state index contributed by atoms with van der Waals surface area (Å²) in [6.07, 6.45) is 3.68. The molecule has 2 heterocycles. The summed E-state index contributed by atoms with van der Waals surface area (Å²) in [5, 5.41) is 4.51. The van der Waals surface area contributed by atoms with Gasteiger partial charge in [-0.15, -0.1) is 0 Å². The van der Waals surface area contributed by atoms with Crippen molar-refractivity contribution in [2.45, 2.75) is 20.4 Å². The molecule has 0 N–H and O–H groups in total. The van der Waals surface area contributed by atoms with Crippen molar-refractivity contribution in [3.63, 3.8) is 0 Å². The van der Waals surface area contributed by atoms with Crippen LogP contribution in [0.2, 0.25) is 0 Å². The maximum absolute atomic E-state index is 13.6. The van der Waals surface area contributed by atoms with Crippen molar-refractivity contribution in [1.82, 2.24) is 14.8 Å². The van der Waals surface area contributed by atoms with Gasteiger partial charge in [0.25, 0.3) is 0 Å². The lowest BCUT2D eigenvalue weighted by Gasteiger charge is -2.05. The number of aromatic nitrogens is 3.